The summed E-state index contributed by atoms with van der Waals surface area (Å²) in [7, 11) is 0. The molecular formula is C11H11BrN4O2. The van der Waals surface area contributed by atoms with Crippen LogP contribution in [0.3, 0.4) is 0 Å². The van der Waals surface area contributed by atoms with Gasteiger partial charge in [-0.15, -0.1) is 0 Å². The smallest absolute Gasteiger partial charge is 0.283 e. The molecule has 1 aromatic heterocycles. The summed E-state index contributed by atoms with van der Waals surface area (Å²) >= 11 is 3.16. The van der Waals surface area contributed by atoms with Crippen molar-refractivity contribution in [1.29, 1.82) is 0 Å². The van der Waals surface area contributed by atoms with Crippen LogP contribution in [0.1, 0.15) is 11.3 Å². The van der Waals surface area contributed by atoms with Crippen molar-refractivity contribution in [1.82, 2.24) is 15.3 Å². The maximum atomic E-state index is 10.8. The lowest BCUT2D eigenvalue weighted by molar-refractivity contribution is -0.385. The van der Waals surface area contributed by atoms with E-state index < -0.39 is 4.92 Å². The van der Waals surface area contributed by atoms with Gasteiger partial charge >= 0.3 is 0 Å². The van der Waals surface area contributed by atoms with Crippen molar-refractivity contribution in [3.63, 3.8) is 0 Å². The monoisotopic (exact) mass is 310 g/mol. The molecule has 6 nitrogen and oxygen atoms in total. The fourth-order valence-electron chi connectivity index (χ4n) is 1.53. The zero-order valence-electron chi connectivity index (χ0n) is 9.39. The fourth-order valence-corrected chi connectivity index (χ4v) is 1.92. The van der Waals surface area contributed by atoms with E-state index in [-0.39, 0.29) is 5.69 Å². The van der Waals surface area contributed by atoms with Crippen LogP contribution < -0.4 is 5.32 Å². The van der Waals surface area contributed by atoms with E-state index in [4.69, 9.17) is 0 Å². The SMILES string of the molecule is O=[N+]([O-])c1cc(CNCc2cnc[nH]2)ccc1Br. The summed E-state index contributed by atoms with van der Waals surface area (Å²) in [5.74, 6) is 0. The second kappa shape index (κ2) is 5.74. The maximum absolute atomic E-state index is 10.8. The summed E-state index contributed by atoms with van der Waals surface area (Å²) in [4.78, 5) is 17.3. The Balaban J connectivity index is 1.97. The molecule has 18 heavy (non-hydrogen) atoms. The van der Waals surface area contributed by atoms with E-state index in [1.165, 1.54) is 0 Å². The van der Waals surface area contributed by atoms with Gasteiger partial charge in [0.25, 0.3) is 5.69 Å². The van der Waals surface area contributed by atoms with Gasteiger partial charge in [0, 0.05) is 31.0 Å². The predicted octanol–water partition coefficient (Wildman–Crippen LogP) is 2.37. The number of imidazole rings is 1. The highest BCUT2D eigenvalue weighted by molar-refractivity contribution is 9.10. The van der Waals surface area contributed by atoms with Crippen molar-refractivity contribution < 1.29 is 4.92 Å². The Morgan fingerprint density at radius 3 is 2.94 bits per heavy atom. The van der Waals surface area contributed by atoms with Crippen molar-refractivity contribution >= 4 is 21.6 Å². The third-order valence-corrected chi connectivity index (χ3v) is 3.08. The Labute approximate surface area is 112 Å². The summed E-state index contributed by atoms with van der Waals surface area (Å²) in [5, 5.41) is 14.0. The van der Waals surface area contributed by atoms with Crippen LogP contribution in [0, 0.1) is 10.1 Å². The molecule has 0 amide bonds. The van der Waals surface area contributed by atoms with Crippen molar-refractivity contribution in [2.75, 3.05) is 0 Å². The van der Waals surface area contributed by atoms with Gasteiger partial charge in [0.1, 0.15) is 0 Å². The molecule has 94 valence electrons. The predicted molar refractivity (Wildman–Crippen MR) is 69.9 cm³/mol. The number of rotatable bonds is 5. The van der Waals surface area contributed by atoms with Crippen LogP contribution in [-0.2, 0) is 13.1 Å². The minimum atomic E-state index is -0.400. The Morgan fingerprint density at radius 2 is 2.28 bits per heavy atom. The number of nitrogens with one attached hydrogen (secondary N) is 2. The first kappa shape index (κ1) is 12.7. The van der Waals surface area contributed by atoms with Crippen molar-refractivity contribution in [3.05, 3.63) is 56.6 Å². The number of halogens is 1. The fraction of sp³-hybridized carbons (Fsp3) is 0.182. The first-order valence-corrected chi connectivity index (χ1v) is 6.07. The first-order valence-electron chi connectivity index (χ1n) is 5.27. The molecule has 0 bridgehead atoms. The quantitative estimate of drug-likeness (QED) is 0.656. The molecule has 2 N–H and O–H groups in total. The Kier molecular flexibility index (Phi) is 4.06. The number of benzene rings is 1. The average molecular weight is 311 g/mol. The number of aromatic amines is 1. The first-order chi connectivity index (χ1) is 8.66. The molecule has 0 aliphatic carbocycles. The minimum Gasteiger partial charge on any atom is -0.347 e. The van der Waals surface area contributed by atoms with Crippen molar-refractivity contribution in [2.24, 2.45) is 0 Å². The van der Waals surface area contributed by atoms with Crippen molar-refractivity contribution in [2.45, 2.75) is 13.1 Å². The van der Waals surface area contributed by atoms with Crippen LogP contribution >= 0.6 is 15.9 Å². The molecule has 2 rings (SSSR count). The summed E-state index contributed by atoms with van der Waals surface area (Å²) in [5.41, 5.74) is 1.92. The molecule has 2 aromatic rings. The summed E-state index contributed by atoms with van der Waals surface area (Å²) in [6.07, 6.45) is 3.35. The summed E-state index contributed by atoms with van der Waals surface area (Å²) < 4.78 is 0.491. The number of hydrogen-bond donors (Lipinski definition) is 2. The highest BCUT2D eigenvalue weighted by Crippen LogP contribution is 2.25. The van der Waals surface area contributed by atoms with Gasteiger partial charge in [-0.3, -0.25) is 10.1 Å². The van der Waals surface area contributed by atoms with E-state index >= 15 is 0 Å². The van der Waals surface area contributed by atoms with E-state index in [1.54, 1.807) is 24.7 Å². The highest BCUT2D eigenvalue weighted by atomic mass is 79.9. The van der Waals surface area contributed by atoms with Crippen LogP contribution in [0.2, 0.25) is 0 Å². The van der Waals surface area contributed by atoms with E-state index in [9.17, 15) is 10.1 Å². The van der Waals surface area contributed by atoms with Crippen molar-refractivity contribution in [3.8, 4) is 0 Å². The molecule has 1 heterocycles. The number of hydrogen-bond acceptors (Lipinski definition) is 4. The molecule has 0 fully saturated rings. The number of aromatic nitrogens is 2. The second-order valence-electron chi connectivity index (χ2n) is 3.72. The number of nitro groups is 1. The Morgan fingerprint density at radius 1 is 1.44 bits per heavy atom. The average Bonchev–Trinajstić information content (AvgIpc) is 2.84. The molecule has 7 heteroatoms. The molecule has 0 radical (unpaired) electrons. The molecule has 0 aliphatic rings. The molecule has 0 unspecified atom stereocenters. The van der Waals surface area contributed by atoms with Gasteiger partial charge in [-0.1, -0.05) is 6.07 Å². The molecule has 0 aliphatic heterocycles. The molecule has 0 saturated heterocycles. The zero-order chi connectivity index (χ0) is 13.0. The van der Waals surface area contributed by atoms with Gasteiger partial charge in [-0.05, 0) is 27.6 Å². The van der Waals surface area contributed by atoms with E-state index in [2.05, 4.69) is 31.2 Å². The van der Waals surface area contributed by atoms with Gasteiger partial charge < -0.3 is 10.3 Å². The lowest BCUT2D eigenvalue weighted by Crippen LogP contribution is -2.13. The van der Waals surface area contributed by atoms with Gasteiger partial charge in [-0.25, -0.2) is 4.98 Å². The minimum absolute atomic E-state index is 0.0795. The van der Waals surface area contributed by atoms with Crippen LogP contribution in [0.25, 0.3) is 0 Å². The van der Waals surface area contributed by atoms with E-state index in [0.717, 1.165) is 11.3 Å². The van der Waals surface area contributed by atoms with Crippen LogP contribution in [0.15, 0.2) is 35.2 Å². The zero-order valence-corrected chi connectivity index (χ0v) is 11.0. The topological polar surface area (TPSA) is 83.8 Å². The van der Waals surface area contributed by atoms with Crippen LogP contribution in [-0.4, -0.2) is 14.9 Å². The normalized spacial score (nSPS) is 10.5. The number of H-pyrrole nitrogens is 1. The standard InChI is InChI=1S/C11H11BrN4O2/c12-10-2-1-8(3-11(10)16(17)18)4-13-5-9-6-14-7-15-9/h1-3,6-7,13H,4-5H2,(H,14,15). The van der Waals surface area contributed by atoms with Gasteiger partial charge in [0.05, 0.1) is 15.7 Å². The van der Waals surface area contributed by atoms with Gasteiger partial charge in [-0.2, -0.15) is 0 Å². The molecule has 0 spiro atoms. The summed E-state index contributed by atoms with van der Waals surface area (Å²) in [6, 6.07) is 5.09. The lowest BCUT2D eigenvalue weighted by atomic mass is 10.2. The highest BCUT2D eigenvalue weighted by Gasteiger charge is 2.11. The second-order valence-corrected chi connectivity index (χ2v) is 4.58. The van der Waals surface area contributed by atoms with Gasteiger partial charge in [0.2, 0.25) is 0 Å². The Hall–Kier alpha value is -1.73. The molecular weight excluding hydrogens is 300 g/mol. The number of nitrogens with zero attached hydrogens (tertiary/aromatic N) is 2. The molecule has 0 saturated carbocycles. The van der Waals surface area contributed by atoms with Crippen LogP contribution in [0.4, 0.5) is 5.69 Å². The molecule has 0 atom stereocenters. The maximum Gasteiger partial charge on any atom is 0.283 e. The number of nitro benzene ring substituents is 1. The Bertz CT molecular complexity index is 542. The lowest BCUT2D eigenvalue weighted by Gasteiger charge is -2.04. The largest absolute Gasteiger partial charge is 0.347 e. The van der Waals surface area contributed by atoms with Crippen LogP contribution in [0.5, 0.6) is 0 Å². The van der Waals surface area contributed by atoms with E-state index in [0.29, 0.717) is 17.6 Å². The van der Waals surface area contributed by atoms with E-state index in [1.807, 2.05) is 6.07 Å². The third-order valence-electron chi connectivity index (χ3n) is 2.41. The summed E-state index contributed by atoms with van der Waals surface area (Å²) in [6.45, 7) is 1.21. The molecule has 1 aromatic carbocycles. The third kappa shape index (κ3) is 3.14. The van der Waals surface area contributed by atoms with Gasteiger partial charge in [0.15, 0.2) is 0 Å².